The number of hydrogen-bond acceptors (Lipinski definition) is 3. The van der Waals surface area contributed by atoms with Gasteiger partial charge in [-0.2, -0.15) is 0 Å². The van der Waals surface area contributed by atoms with Crippen LogP contribution in [0.15, 0.2) is 59.0 Å². The fourth-order valence-corrected chi connectivity index (χ4v) is 2.73. The van der Waals surface area contributed by atoms with Gasteiger partial charge in [-0.1, -0.05) is 18.2 Å². The Bertz CT molecular complexity index is 880. The molecule has 0 aliphatic carbocycles. The third-order valence-corrected chi connectivity index (χ3v) is 3.86. The van der Waals surface area contributed by atoms with Crippen molar-refractivity contribution in [3.63, 3.8) is 0 Å². The Kier molecular flexibility index (Phi) is 4.38. The van der Waals surface area contributed by atoms with Gasteiger partial charge in [0.2, 0.25) is 0 Å². The summed E-state index contributed by atoms with van der Waals surface area (Å²) in [6.45, 7) is 3.92. The number of nitrogens with one attached hydrogen (secondary N) is 1. The first kappa shape index (κ1) is 15.9. The van der Waals surface area contributed by atoms with Gasteiger partial charge in [-0.05, 0) is 61.4 Å². The molecule has 2 aromatic carbocycles. The second-order valence-electron chi connectivity index (χ2n) is 5.83. The highest BCUT2D eigenvalue weighted by Crippen LogP contribution is 2.22. The van der Waals surface area contributed by atoms with E-state index in [1.807, 2.05) is 32.0 Å². The second kappa shape index (κ2) is 6.62. The molecule has 0 saturated carbocycles. The molecule has 0 unspecified atom stereocenters. The first-order valence-corrected chi connectivity index (χ1v) is 7.76. The van der Waals surface area contributed by atoms with E-state index in [-0.39, 0.29) is 5.56 Å². The predicted octanol–water partition coefficient (Wildman–Crippen LogP) is 4.93. The lowest BCUT2D eigenvalue weighted by Gasteiger charge is -2.09. The molecule has 3 rings (SSSR count). The summed E-state index contributed by atoms with van der Waals surface area (Å²) in [6.07, 6.45) is 0.799. The first-order valence-electron chi connectivity index (χ1n) is 7.76. The van der Waals surface area contributed by atoms with Crippen molar-refractivity contribution in [2.75, 3.05) is 5.32 Å². The normalized spacial score (nSPS) is 10.6. The van der Waals surface area contributed by atoms with Gasteiger partial charge in [-0.25, -0.2) is 4.79 Å². The molecule has 0 radical (unpaired) electrons. The van der Waals surface area contributed by atoms with Crippen molar-refractivity contribution in [3.05, 3.63) is 82.8 Å². The van der Waals surface area contributed by atoms with Crippen LogP contribution in [-0.4, -0.2) is 11.1 Å². The number of carboxylic acid groups (broad SMARTS) is 1. The molecule has 0 aliphatic rings. The van der Waals surface area contributed by atoms with Gasteiger partial charge in [0.15, 0.2) is 0 Å². The van der Waals surface area contributed by atoms with Gasteiger partial charge >= 0.3 is 5.97 Å². The Morgan fingerprint density at radius 2 is 1.75 bits per heavy atom. The molecule has 0 saturated heterocycles. The van der Waals surface area contributed by atoms with Gasteiger partial charge in [0.05, 0.1) is 5.56 Å². The number of hydrogen-bond donors (Lipinski definition) is 2. The average molecular weight is 321 g/mol. The molecule has 0 bridgehead atoms. The van der Waals surface area contributed by atoms with Crippen molar-refractivity contribution < 1.29 is 14.3 Å². The van der Waals surface area contributed by atoms with Crippen LogP contribution in [0.2, 0.25) is 0 Å². The molecular formula is C20H19NO3. The third-order valence-electron chi connectivity index (χ3n) is 3.86. The average Bonchev–Trinajstić information content (AvgIpc) is 2.85. The van der Waals surface area contributed by atoms with Gasteiger partial charge in [0.1, 0.15) is 11.5 Å². The van der Waals surface area contributed by atoms with E-state index in [1.54, 1.807) is 18.2 Å². The van der Waals surface area contributed by atoms with Gasteiger partial charge < -0.3 is 14.8 Å². The van der Waals surface area contributed by atoms with Crippen molar-refractivity contribution in [1.82, 2.24) is 0 Å². The van der Waals surface area contributed by atoms with Crippen molar-refractivity contribution in [2.45, 2.75) is 20.3 Å². The fraction of sp³-hybridized carbons (Fsp3) is 0.150. The van der Waals surface area contributed by atoms with Crippen LogP contribution in [0.3, 0.4) is 0 Å². The van der Waals surface area contributed by atoms with E-state index >= 15 is 0 Å². The molecule has 1 heterocycles. The molecular weight excluding hydrogens is 302 g/mol. The second-order valence-corrected chi connectivity index (χ2v) is 5.83. The zero-order chi connectivity index (χ0) is 17.1. The lowest BCUT2D eigenvalue weighted by atomic mass is 10.0. The molecule has 2 N–H and O–H groups in total. The lowest BCUT2D eigenvalue weighted by molar-refractivity contribution is 0.0697. The van der Waals surface area contributed by atoms with Crippen molar-refractivity contribution in [1.29, 1.82) is 0 Å². The molecule has 4 nitrogen and oxygen atoms in total. The number of aromatic carboxylic acids is 1. The minimum atomic E-state index is -0.932. The summed E-state index contributed by atoms with van der Waals surface area (Å²) in [7, 11) is 0. The monoisotopic (exact) mass is 321 g/mol. The molecule has 3 aromatic rings. The van der Waals surface area contributed by atoms with E-state index in [4.69, 9.17) is 9.52 Å². The summed E-state index contributed by atoms with van der Waals surface area (Å²) in [5.74, 6) is 0.931. The topological polar surface area (TPSA) is 62.5 Å². The molecule has 122 valence electrons. The minimum absolute atomic E-state index is 0.264. The van der Waals surface area contributed by atoms with E-state index in [0.29, 0.717) is 0 Å². The maximum atomic E-state index is 11.1. The molecule has 0 fully saturated rings. The maximum Gasteiger partial charge on any atom is 0.335 e. The maximum absolute atomic E-state index is 11.1. The highest BCUT2D eigenvalue weighted by Gasteiger charge is 2.07. The Labute approximate surface area is 140 Å². The summed E-state index contributed by atoms with van der Waals surface area (Å²) in [5.41, 5.74) is 4.28. The first-order chi connectivity index (χ1) is 11.5. The number of carboxylic acids is 1. The van der Waals surface area contributed by atoms with Gasteiger partial charge in [-0.3, -0.25) is 0 Å². The smallest absolute Gasteiger partial charge is 0.335 e. The van der Waals surface area contributed by atoms with E-state index in [2.05, 4.69) is 23.5 Å². The SMILES string of the molecule is Cc1cc(Cc2cccc(Nc3cccc(C(=O)O)c3)c2)c(C)o1. The zero-order valence-corrected chi connectivity index (χ0v) is 13.7. The van der Waals surface area contributed by atoms with Crippen LogP contribution in [0.25, 0.3) is 0 Å². The van der Waals surface area contributed by atoms with Gasteiger partial charge in [0.25, 0.3) is 0 Å². The van der Waals surface area contributed by atoms with Crippen molar-refractivity contribution >= 4 is 17.3 Å². The Morgan fingerprint density at radius 3 is 2.42 bits per heavy atom. The van der Waals surface area contributed by atoms with E-state index in [0.717, 1.165) is 29.3 Å². The number of carbonyl (C=O) groups is 1. The van der Waals surface area contributed by atoms with Crippen LogP contribution in [0.1, 0.15) is 33.0 Å². The molecule has 1 aromatic heterocycles. The summed E-state index contributed by atoms with van der Waals surface area (Å²) in [5, 5.41) is 12.3. The number of benzene rings is 2. The van der Waals surface area contributed by atoms with Crippen LogP contribution < -0.4 is 5.32 Å². The quantitative estimate of drug-likeness (QED) is 0.699. The molecule has 24 heavy (non-hydrogen) atoms. The van der Waals surface area contributed by atoms with Crippen LogP contribution in [0.5, 0.6) is 0 Å². The minimum Gasteiger partial charge on any atom is -0.478 e. The van der Waals surface area contributed by atoms with Crippen LogP contribution in [0.4, 0.5) is 11.4 Å². The number of rotatable bonds is 5. The number of furan rings is 1. The largest absolute Gasteiger partial charge is 0.478 e. The summed E-state index contributed by atoms with van der Waals surface area (Å²) >= 11 is 0. The summed E-state index contributed by atoms with van der Waals surface area (Å²) in [6, 6.07) is 16.9. The predicted molar refractivity (Wildman–Crippen MR) is 94.1 cm³/mol. The number of aryl methyl sites for hydroxylation is 2. The highest BCUT2D eigenvalue weighted by molar-refractivity contribution is 5.89. The Balaban J connectivity index is 1.79. The Hall–Kier alpha value is -3.01. The van der Waals surface area contributed by atoms with E-state index in [1.165, 1.54) is 11.1 Å². The molecule has 0 aliphatic heterocycles. The Morgan fingerprint density at radius 1 is 1.04 bits per heavy atom. The van der Waals surface area contributed by atoms with Crippen LogP contribution >= 0.6 is 0 Å². The molecule has 4 heteroatoms. The fourth-order valence-electron chi connectivity index (χ4n) is 2.73. The standard InChI is InChI=1S/C20H19NO3/c1-13-9-17(14(2)24-13)10-15-5-3-7-18(11-15)21-19-8-4-6-16(12-19)20(22)23/h3-9,11-12,21H,10H2,1-2H3,(H,22,23). The molecule has 0 spiro atoms. The summed E-state index contributed by atoms with van der Waals surface area (Å²) in [4.78, 5) is 11.1. The number of anilines is 2. The molecule has 0 amide bonds. The van der Waals surface area contributed by atoms with Gasteiger partial charge in [0, 0.05) is 17.8 Å². The van der Waals surface area contributed by atoms with E-state index < -0.39 is 5.97 Å². The zero-order valence-electron chi connectivity index (χ0n) is 13.7. The molecule has 0 atom stereocenters. The van der Waals surface area contributed by atoms with Crippen LogP contribution in [-0.2, 0) is 6.42 Å². The van der Waals surface area contributed by atoms with Crippen molar-refractivity contribution in [2.24, 2.45) is 0 Å². The van der Waals surface area contributed by atoms with Crippen LogP contribution in [0, 0.1) is 13.8 Å². The summed E-state index contributed by atoms with van der Waals surface area (Å²) < 4.78 is 5.58. The van der Waals surface area contributed by atoms with E-state index in [9.17, 15) is 4.79 Å². The van der Waals surface area contributed by atoms with Gasteiger partial charge in [-0.15, -0.1) is 0 Å². The lowest BCUT2D eigenvalue weighted by Crippen LogP contribution is -1.98. The third kappa shape index (κ3) is 3.66. The van der Waals surface area contributed by atoms with Crippen molar-refractivity contribution in [3.8, 4) is 0 Å². The highest BCUT2D eigenvalue weighted by atomic mass is 16.4.